The highest BCUT2D eigenvalue weighted by atomic mass is 16.5. The predicted molar refractivity (Wildman–Crippen MR) is 114 cm³/mol. The molecule has 26 heavy (non-hydrogen) atoms. The van der Waals surface area contributed by atoms with Gasteiger partial charge < -0.3 is 19.9 Å². The van der Waals surface area contributed by atoms with E-state index < -0.39 is 0 Å². The summed E-state index contributed by atoms with van der Waals surface area (Å²) < 4.78 is 5.46. The van der Waals surface area contributed by atoms with Gasteiger partial charge in [-0.1, -0.05) is 27.7 Å². The summed E-state index contributed by atoms with van der Waals surface area (Å²) in [7, 11) is 4.53. The fraction of sp³-hybridized carbons (Fsp3) is 1.00. The first-order valence-electron chi connectivity index (χ1n) is 11.4. The molecule has 4 heteroatoms. The van der Waals surface area contributed by atoms with E-state index in [-0.39, 0.29) is 0 Å². The van der Waals surface area contributed by atoms with Crippen LogP contribution in [0.1, 0.15) is 66.2 Å². The van der Waals surface area contributed by atoms with Crippen molar-refractivity contribution in [1.29, 1.82) is 0 Å². The summed E-state index contributed by atoms with van der Waals surface area (Å²) in [5.41, 5.74) is 0. The maximum Gasteiger partial charge on any atom is 0.0509 e. The van der Waals surface area contributed by atoms with E-state index in [2.05, 4.69) is 29.2 Å². The minimum atomic E-state index is 0.831. The second kappa shape index (κ2) is 13.9. The average molecular weight is 370 g/mol. The number of fused-ring (bicyclic) bond motifs is 2. The molecule has 4 fully saturated rings. The Hall–Kier alpha value is -0.160. The standard InChI is InChI=1S/C9H18N2.C9H17NO.2C2H6/c1-11-6-2-3-8-7-10-5-4-9(8)11;1-10-5-2-3-8-7-11-6-4-9(8)10;2*1-2/h8-10H,2-7H2,1H3;8-9H,2-7H2,1H3;2*1-2H3. The normalized spacial score (nSPS) is 34.4. The van der Waals surface area contributed by atoms with Gasteiger partial charge in [0, 0.05) is 18.7 Å². The van der Waals surface area contributed by atoms with Crippen molar-refractivity contribution in [3.05, 3.63) is 0 Å². The number of piperidine rings is 3. The second-order valence-electron chi connectivity index (χ2n) is 7.76. The fourth-order valence-corrected chi connectivity index (χ4v) is 4.96. The summed E-state index contributed by atoms with van der Waals surface area (Å²) >= 11 is 0. The molecule has 4 unspecified atom stereocenters. The highest BCUT2D eigenvalue weighted by molar-refractivity contribution is 4.87. The summed E-state index contributed by atoms with van der Waals surface area (Å²) in [6, 6.07) is 1.72. The summed E-state index contributed by atoms with van der Waals surface area (Å²) in [5.74, 6) is 1.78. The zero-order valence-electron chi connectivity index (χ0n) is 18.6. The van der Waals surface area contributed by atoms with Crippen molar-refractivity contribution in [2.75, 3.05) is 53.5 Å². The highest BCUT2D eigenvalue weighted by Crippen LogP contribution is 2.28. The molecule has 4 aliphatic rings. The third-order valence-electron chi connectivity index (χ3n) is 6.31. The van der Waals surface area contributed by atoms with Crippen LogP contribution in [0.15, 0.2) is 0 Å². The van der Waals surface area contributed by atoms with Crippen molar-refractivity contribution >= 4 is 0 Å². The van der Waals surface area contributed by atoms with Crippen LogP contribution in [0.2, 0.25) is 0 Å². The lowest BCUT2D eigenvalue weighted by Crippen LogP contribution is -2.51. The van der Waals surface area contributed by atoms with Gasteiger partial charge in [-0.3, -0.25) is 0 Å². The van der Waals surface area contributed by atoms with Crippen LogP contribution in [-0.4, -0.2) is 75.4 Å². The third kappa shape index (κ3) is 7.10. The van der Waals surface area contributed by atoms with Gasteiger partial charge in [-0.05, 0) is 90.6 Å². The smallest absolute Gasteiger partial charge is 0.0509 e. The van der Waals surface area contributed by atoms with Crippen LogP contribution in [0.5, 0.6) is 0 Å². The van der Waals surface area contributed by atoms with E-state index >= 15 is 0 Å². The number of ether oxygens (including phenoxy) is 1. The second-order valence-corrected chi connectivity index (χ2v) is 7.76. The Morgan fingerprint density at radius 3 is 1.92 bits per heavy atom. The molecule has 4 saturated heterocycles. The van der Waals surface area contributed by atoms with Crippen LogP contribution in [0, 0.1) is 11.8 Å². The Bertz CT molecular complexity index is 303. The molecule has 0 amide bonds. The molecular formula is C22H47N3O. The van der Waals surface area contributed by atoms with Crippen LogP contribution < -0.4 is 5.32 Å². The van der Waals surface area contributed by atoms with Crippen LogP contribution in [0.4, 0.5) is 0 Å². The lowest BCUT2D eigenvalue weighted by molar-refractivity contribution is -0.0261. The number of hydrogen-bond donors (Lipinski definition) is 1. The summed E-state index contributed by atoms with van der Waals surface area (Å²) in [6.07, 6.45) is 8.21. The summed E-state index contributed by atoms with van der Waals surface area (Å²) in [6.45, 7) is 15.1. The predicted octanol–water partition coefficient (Wildman–Crippen LogP) is 3.86. The first kappa shape index (κ1) is 23.9. The molecule has 0 aromatic rings. The van der Waals surface area contributed by atoms with Crippen molar-refractivity contribution in [3.8, 4) is 0 Å². The molecule has 156 valence electrons. The van der Waals surface area contributed by atoms with E-state index in [0.29, 0.717) is 0 Å². The fourth-order valence-electron chi connectivity index (χ4n) is 4.96. The molecule has 0 radical (unpaired) electrons. The van der Waals surface area contributed by atoms with Crippen molar-refractivity contribution in [1.82, 2.24) is 15.1 Å². The first-order valence-corrected chi connectivity index (χ1v) is 11.4. The third-order valence-corrected chi connectivity index (χ3v) is 6.31. The van der Waals surface area contributed by atoms with Crippen molar-refractivity contribution < 1.29 is 4.74 Å². The van der Waals surface area contributed by atoms with Crippen molar-refractivity contribution in [3.63, 3.8) is 0 Å². The Balaban J connectivity index is 0.000000219. The van der Waals surface area contributed by atoms with E-state index in [1.54, 1.807) is 0 Å². The Morgan fingerprint density at radius 2 is 1.35 bits per heavy atom. The number of nitrogens with one attached hydrogen (secondary N) is 1. The molecule has 0 aromatic carbocycles. The van der Waals surface area contributed by atoms with Crippen LogP contribution >= 0.6 is 0 Å². The van der Waals surface area contributed by atoms with Crippen LogP contribution in [0.25, 0.3) is 0 Å². The SMILES string of the molecule is CC.CC.CN1CCCC2CNCCC21.CN1CCCC2COCCC21. The maximum absolute atomic E-state index is 5.46. The van der Waals surface area contributed by atoms with Crippen molar-refractivity contribution in [2.45, 2.75) is 78.3 Å². The van der Waals surface area contributed by atoms with E-state index in [1.807, 2.05) is 27.7 Å². The molecular weight excluding hydrogens is 322 g/mol. The van der Waals surface area contributed by atoms with Gasteiger partial charge >= 0.3 is 0 Å². The van der Waals surface area contributed by atoms with Gasteiger partial charge in [-0.2, -0.15) is 0 Å². The van der Waals surface area contributed by atoms with Gasteiger partial charge in [-0.15, -0.1) is 0 Å². The molecule has 4 nitrogen and oxygen atoms in total. The first-order chi connectivity index (χ1) is 12.8. The molecule has 4 aliphatic heterocycles. The monoisotopic (exact) mass is 369 g/mol. The Morgan fingerprint density at radius 1 is 0.769 bits per heavy atom. The Labute approximate surface area is 164 Å². The molecule has 4 heterocycles. The summed E-state index contributed by atoms with van der Waals surface area (Å²) in [4.78, 5) is 5.06. The van der Waals surface area contributed by atoms with Crippen LogP contribution in [-0.2, 0) is 4.74 Å². The number of hydrogen-bond acceptors (Lipinski definition) is 4. The zero-order chi connectivity index (χ0) is 19.4. The van der Waals surface area contributed by atoms with E-state index in [4.69, 9.17) is 4.74 Å². The number of rotatable bonds is 0. The highest BCUT2D eigenvalue weighted by Gasteiger charge is 2.31. The quantitative estimate of drug-likeness (QED) is 0.702. The van der Waals surface area contributed by atoms with E-state index in [0.717, 1.165) is 37.1 Å². The topological polar surface area (TPSA) is 27.7 Å². The average Bonchev–Trinajstić information content (AvgIpc) is 2.72. The van der Waals surface area contributed by atoms with Gasteiger partial charge in [0.05, 0.1) is 6.61 Å². The van der Waals surface area contributed by atoms with Crippen molar-refractivity contribution in [2.24, 2.45) is 11.8 Å². The zero-order valence-corrected chi connectivity index (χ0v) is 18.6. The minimum absolute atomic E-state index is 0.831. The number of likely N-dealkylation sites (tertiary alicyclic amines) is 2. The van der Waals surface area contributed by atoms with Gasteiger partial charge in [0.1, 0.15) is 0 Å². The lowest BCUT2D eigenvalue weighted by atomic mass is 9.85. The molecule has 0 bridgehead atoms. The van der Waals surface area contributed by atoms with Crippen LogP contribution in [0.3, 0.4) is 0 Å². The van der Waals surface area contributed by atoms with E-state index in [1.165, 1.54) is 64.7 Å². The minimum Gasteiger partial charge on any atom is -0.381 e. The number of nitrogens with zero attached hydrogens (tertiary/aromatic N) is 2. The largest absolute Gasteiger partial charge is 0.381 e. The van der Waals surface area contributed by atoms with E-state index in [9.17, 15) is 0 Å². The summed E-state index contributed by atoms with van der Waals surface area (Å²) in [5, 5.41) is 3.48. The molecule has 1 N–H and O–H groups in total. The van der Waals surface area contributed by atoms with Gasteiger partial charge in [-0.25, -0.2) is 0 Å². The van der Waals surface area contributed by atoms with Gasteiger partial charge in [0.2, 0.25) is 0 Å². The van der Waals surface area contributed by atoms with Gasteiger partial charge in [0.15, 0.2) is 0 Å². The Kier molecular flexibility index (Phi) is 12.8. The lowest BCUT2D eigenvalue weighted by Gasteiger charge is -2.42. The molecule has 0 aromatic heterocycles. The molecule has 0 aliphatic carbocycles. The molecule has 4 rings (SSSR count). The molecule has 4 atom stereocenters. The van der Waals surface area contributed by atoms with Gasteiger partial charge in [0.25, 0.3) is 0 Å². The molecule has 0 saturated carbocycles. The molecule has 0 spiro atoms. The maximum atomic E-state index is 5.46.